The van der Waals surface area contributed by atoms with Crippen molar-refractivity contribution in [1.29, 1.82) is 0 Å². The molecule has 0 radical (unpaired) electrons. The monoisotopic (exact) mass is 408 g/mol. The van der Waals surface area contributed by atoms with Crippen LogP contribution in [0.3, 0.4) is 0 Å². The molecule has 152 valence electrons. The van der Waals surface area contributed by atoms with Crippen LogP contribution in [-0.2, 0) is 11.3 Å². The van der Waals surface area contributed by atoms with E-state index in [9.17, 15) is 4.79 Å². The lowest BCUT2D eigenvalue weighted by molar-refractivity contribution is -0.885. The first-order valence-corrected chi connectivity index (χ1v) is 10.8. The molecule has 0 aliphatic carbocycles. The summed E-state index contributed by atoms with van der Waals surface area (Å²) in [5, 5.41) is 6.25. The number of likely N-dealkylation sites (N-methyl/N-ethyl adjacent to an activating group) is 1. The highest BCUT2D eigenvalue weighted by atomic mass is 32.1. The molecule has 1 atom stereocenters. The highest BCUT2D eigenvalue weighted by molar-refractivity contribution is 7.09. The molecular weight excluding hydrogens is 378 g/mol. The topological polar surface area (TPSA) is 46.4 Å². The van der Waals surface area contributed by atoms with Crippen molar-refractivity contribution >= 4 is 22.9 Å². The number of aryl methyl sites for hydroxylation is 5. The zero-order chi connectivity index (χ0) is 21.1. The van der Waals surface area contributed by atoms with Crippen LogP contribution < -0.4 is 10.2 Å². The Morgan fingerprint density at radius 1 is 1.00 bits per heavy atom. The molecule has 3 aromatic rings. The van der Waals surface area contributed by atoms with Crippen molar-refractivity contribution in [2.75, 3.05) is 18.9 Å². The fraction of sp³-hybridized carbons (Fsp3) is 0.333. The van der Waals surface area contributed by atoms with E-state index in [2.05, 4.69) is 61.8 Å². The number of amides is 1. The molecule has 1 amide bonds. The van der Waals surface area contributed by atoms with Crippen LogP contribution in [0.5, 0.6) is 0 Å². The number of quaternary nitrogens is 1. The zero-order valence-electron chi connectivity index (χ0n) is 18.1. The molecule has 5 heteroatoms. The van der Waals surface area contributed by atoms with Crippen LogP contribution in [0.25, 0.3) is 11.3 Å². The largest absolute Gasteiger partial charge is 0.324 e. The van der Waals surface area contributed by atoms with E-state index >= 15 is 0 Å². The highest BCUT2D eigenvalue weighted by Gasteiger charge is 2.16. The van der Waals surface area contributed by atoms with Gasteiger partial charge in [-0.15, -0.1) is 11.3 Å². The number of anilines is 1. The predicted molar refractivity (Wildman–Crippen MR) is 122 cm³/mol. The van der Waals surface area contributed by atoms with Gasteiger partial charge in [-0.2, -0.15) is 0 Å². The van der Waals surface area contributed by atoms with Crippen LogP contribution in [0.1, 0.15) is 32.8 Å². The summed E-state index contributed by atoms with van der Waals surface area (Å²) in [6.07, 6.45) is 0. The van der Waals surface area contributed by atoms with Crippen molar-refractivity contribution in [2.24, 2.45) is 0 Å². The first kappa shape index (κ1) is 21.2. The first-order valence-electron chi connectivity index (χ1n) is 9.94. The molecule has 0 spiro atoms. The summed E-state index contributed by atoms with van der Waals surface area (Å²) in [7, 11) is 2.04. The summed E-state index contributed by atoms with van der Waals surface area (Å²) in [6.45, 7) is 11.5. The van der Waals surface area contributed by atoms with Crippen LogP contribution in [-0.4, -0.2) is 24.5 Å². The van der Waals surface area contributed by atoms with E-state index < -0.39 is 0 Å². The van der Waals surface area contributed by atoms with Crippen molar-refractivity contribution in [3.8, 4) is 11.3 Å². The molecule has 2 aromatic carbocycles. The van der Waals surface area contributed by atoms with Crippen molar-refractivity contribution < 1.29 is 9.69 Å². The molecule has 0 aliphatic heterocycles. The van der Waals surface area contributed by atoms with Gasteiger partial charge in [-0.05, 0) is 57.4 Å². The van der Waals surface area contributed by atoms with Crippen LogP contribution in [0.2, 0.25) is 0 Å². The van der Waals surface area contributed by atoms with E-state index in [4.69, 9.17) is 4.98 Å². The number of benzene rings is 2. The number of carbonyl (C=O) groups is 1. The van der Waals surface area contributed by atoms with Crippen molar-refractivity contribution in [3.63, 3.8) is 0 Å². The summed E-state index contributed by atoms with van der Waals surface area (Å²) in [5.41, 5.74) is 9.03. The van der Waals surface area contributed by atoms with Gasteiger partial charge < -0.3 is 10.2 Å². The second-order valence-corrected chi connectivity index (χ2v) is 9.02. The smallest absolute Gasteiger partial charge is 0.279 e. The van der Waals surface area contributed by atoms with Gasteiger partial charge in [-0.3, -0.25) is 4.79 Å². The number of thiazole rings is 1. The van der Waals surface area contributed by atoms with Gasteiger partial charge in [0.05, 0.1) is 12.7 Å². The molecule has 0 bridgehead atoms. The van der Waals surface area contributed by atoms with E-state index in [0.717, 1.165) is 39.0 Å². The minimum absolute atomic E-state index is 0.0314. The number of carbonyl (C=O) groups excluding carboxylic acids is 1. The molecular formula is C24H30N3OS+. The quantitative estimate of drug-likeness (QED) is 0.647. The summed E-state index contributed by atoms with van der Waals surface area (Å²) in [4.78, 5) is 18.5. The Bertz CT molecular complexity index is 1020. The van der Waals surface area contributed by atoms with E-state index in [-0.39, 0.29) is 5.91 Å². The van der Waals surface area contributed by atoms with E-state index in [0.29, 0.717) is 6.54 Å². The summed E-state index contributed by atoms with van der Waals surface area (Å²) >= 11 is 1.66. The molecule has 2 N–H and O–H groups in total. The van der Waals surface area contributed by atoms with E-state index in [1.165, 1.54) is 22.3 Å². The van der Waals surface area contributed by atoms with Gasteiger partial charge in [0.25, 0.3) is 5.91 Å². The van der Waals surface area contributed by atoms with Crippen LogP contribution in [0.15, 0.2) is 35.7 Å². The number of nitrogens with one attached hydrogen (secondary N) is 2. The number of rotatable bonds is 6. The maximum absolute atomic E-state index is 12.6. The average Bonchev–Trinajstić information content (AvgIpc) is 3.08. The van der Waals surface area contributed by atoms with Gasteiger partial charge in [-0.25, -0.2) is 4.98 Å². The fourth-order valence-electron chi connectivity index (χ4n) is 3.68. The maximum Gasteiger partial charge on any atom is 0.279 e. The average molecular weight is 409 g/mol. The zero-order valence-corrected chi connectivity index (χ0v) is 19.0. The first-order chi connectivity index (χ1) is 13.7. The molecule has 1 heterocycles. The van der Waals surface area contributed by atoms with Crippen molar-refractivity contribution in [1.82, 2.24) is 4.98 Å². The van der Waals surface area contributed by atoms with Crippen LogP contribution in [0.4, 0.5) is 5.69 Å². The van der Waals surface area contributed by atoms with Crippen molar-refractivity contribution in [2.45, 2.75) is 41.2 Å². The van der Waals surface area contributed by atoms with E-state index in [1.54, 1.807) is 11.3 Å². The summed E-state index contributed by atoms with van der Waals surface area (Å²) in [6, 6.07) is 10.7. The molecule has 0 fully saturated rings. The minimum Gasteiger partial charge on any atom is -0.324 e. The Hall–Kier alpha value is -2.50. The minimum atomic E-state index is 0.0314. The van der Waals surface area contributed by atoms with Crippen molar-refractivity contribution in [3.05, 3.63) is 68.5 Å². The third-order valence-electron chi connectivity index (χ3n) is 5.08. The van der Waals surface area contributed by atoms with Gasteiger partial charge in [0, 0.05) is 16.6 Å². The van der Waals surface area contributed by atoms with Crippen LogP contribution >= 0.6 is 11.3 Å². The molecule has 0 saturated heterocycles. The SMILES string of the molecule is Cc1cc(C)c(NC(=O)C[NH+](C)Cc2nc(-c3cc(C)ccc3C)cs2)c(C)c1. The lowest BCUT2D eigenvalue weighted by Gasteiger charge is -2.15. The summed E-state index contributed by atoms with van der Waals surface area (Å²) < 4.78 is 0. The third-order valence-corrected chi connectivity index (χ3v) is 5.93. The number of aromatic nitrogens is 1. The Morgan fingerprint density at radius 3 is 2.38 bits per heavy atom. The van der Waals surface area contributed by atoms with Gasteiger partial charge >= 0.3 is 0 Å². The molecule has 4 nitrogen and oxygen atoms in total. The number of nitrogens with zero attached hydrogens (tertiary/aromatic N) is 1. The van der Waals surface area contributed by atoms with Gasteiger partial charge in [0.1, 0.15) is 11.6 Å². The Balaban J connectivity index is 1.63. The molecule has 3 rings (SSSR count). The fourth-order valence-corrected chi connectivity index (χ4v) is 4.59. The number of hydrogen-bond acceptors (Lipinski definition) is 3. The standard InChI is InChI=1S/C24H29N3OS/c1-15-7-8-17(3)20(11-15)21-14-29-23(25-21)13-27(6)12-22(28)26-24-18(4)9-16(2)10-19(24)5/h7-11,14H,12-13H2,1-6H3,(H,26,28)/p+1. The lowest BCUT2D eigenvalue weighted by Crippen LogP contribution is -3.08. The lowest BCUT2D eigenvalue weighted by atomic mass is 10.0. The van der Waals surface area contributed by atoms with Crippen LogP contribution in [0, 0.1) is 34.6 Å². The van der Waals surface area contributed by atoms with Gasteiger partial charge in [0.15, 0.2) is 6.54 Å². The number of hydrogen-bond donors (Lipinski definition) is 2. The predicted octanol–water partition coefficient (Wildman–Crippen LogP) is 4.01. The van der Waals surface area contributed by atoms with E-state index in [1.807, 2.05) is 20.9 Å². The summed E-state index contributed by atoms with van der Waals surface area (Å²) in [5.74, 6) is 0.0314. The highest BCUT2D eigenvalue weighted by Crippen LogP contribution is 2.26. The maximum atomic E-state index is 12.6. The molecule has 0 saturated carbocycles. The Kier molecular flexibility index (Phi) is 6.50. The second kappa shape index (κ2) is 8.89. The molecule has 29 heavy (non-hydrogen) atoms. The Morgan fingerprint density at radius 2 is 1.69 bits per heavy atom. The Labute approximate surface area is 177 Å². The van der Waals surface area contributed by atoms with Gasteiger partial charge in [0.2, 0.25) is 0 Å². The second-order valence-electron chi connectivity index (χ2n) is 8.08. The van der Waals surface area contributed by atoms with Gasteiger partial charge in [-0.1, -0.05) is 35.4 Å². The molecule has 1 unspecified atom stereocenters. The molecule has 0 aliphatic rings. The molecule has 1 aromatic heterocycles. The third kappa shape index (κ3) is 5.31. The normalized spacial score (nSPS) is 12.1.